The van der Waals surface area contributed by atoms with E-state index in [1.807, 2.05) is 30.3 Å². The van der Waals surface area contributed by atoms with E-state index in [2.05, 4.69) is 20.6 Å². The van der Waals surface area contributed by atoms with Crippen LogP contribution in [0.1, 0.15) is 5.56 Å². The van der Waals surface area contributed by atoms with E-state index >= 15 is 0 Å². The second-order valence-electron chi connectivity index (χ2n) is 4.46. The van der Waals surface area contributed by atoms with Crippen molar-refractivity contribution in [3.8, 4) is 0 Å². The smallest absolute Gasteiger partial charge is 0.223 e. The number of rotatable bonds is 6. The Kier molecular flexibility index (Phi) is 4.73. The van der Waals surface area contributed by atoms with Crippen LogP contribution >= 0.6 is 0 Å². The zero-order chi connectivity index (χ0) is 14.4. The molecule has 2 rings (SSSR count). The number of nitrogen functional groups attached to an aromatic ring is 1. The molecule has 1 aromatic heterocycles. The first-order valence-electron chi connectivity index (χ1n) is 6.45. The van der Waals surface area contributed by atoms with Gasteiger partial charge in [-0.3, -0.25) is 0 Å². The molecule has 0 saturated carbocycles. The van der Waals surface area contributed by atoms with Gasteiger partial charge in [0.25, 0.3) is 0 Å². The molecule has 1 unspecified atom stereocenters. The van der Waals surface area contributed by atoms with E-state index in [0.717, 1.165) is 5.56 Å². The Hall–Kier alpha value is -2.34. The topological polar surface area (TPSA) is 96.1 Å². The fourth-order valence-electron chi connectivity index (χ4n) is 1.94. The summed E-state index contributed by atoms with van der Waals surface area (Å²) >= 11 is 0. The molecule has 0 radical (unpaired) electrons. The average Bonchev–Trinajstić information content (AvgIpc) is 2.47. The third-order valence-corrected chi connectivity index (χ3v) is 2.90. The molecule has 0 amide bonds. The van der Waals surface area contributed by atoms with Gasteiger partial charge in [0.1, 0.15) is 11.6 Å². The Morgan fingerprint density at radius 2 is 1.90 bits per heavy atom. The number of nitrogens with zero attached hydrogens (tertiary/aromatic N) is 2. The minimum atomic E-state index is -0.128. The summed E-state index contributed by atoms with van der Waals surface area (Å²) in [5.74, 6) is 1.42. The number of aromatic nitrogens is 2. The highest BCUT2D eigenvalue weighted by molar-refractivity contribution is 5.51. The third-order valence-electron chi connectivity index (χ3n) is 2.90. The van der Waals surface area contributed by atoms with Crippen molar-refractivity contribution in [2.24, 2.45) is 0 Å². The maximum atomic E-state index is 9.49. The standard InChI is InChI=1S/C14H19N5O/c1-16-12-8-13(19-14(15)18-12)17-11(9-20)7-10-5-3-2-4-6-10/h2-6,8,11,20H,7,9H2,1H3,(H4,15,16,17,18,19). The highest BCUT2D eigenvalue weighted by Crippen LogP contribution is 2.14. The van der Waals surface area contributed by atoms with E-state index in [1.165, 1.54) is 0 Å². The van der Waals surface area contributed by atoms with Gasteiger partial charge in [0.05, 0.1) is 12.6 Å². The molecule has 6 heteroatoms. The molecule has 0 spiro atoms. The van der Waals surface area contributed by atoms with Gasteiger partial charge in [-0.05, 0) is 12.0 Å². The Labute approximate surface area is 118 Å². The number of anilines is 3. The van der Waals surface area contributed by atoms with E-state index in [-0.39, 0.29) is 18.6 Å². The fraction of sp³-hybridized carbons (Fsp3) is 0.286. The molecule has 0 bridgehead atoms. The van der Waals surface area contributed by atoms with Crippen molar-refractivity contribution in [3.05, 3.63) is 42.0 Å². The Morgan fingerprint density at radius 3 is 2.55 bits per heavy atom. The van der Waals surface area contributed by atoms with Gasteiger partial charge in [0, 0.05) is 13.1 Å². The SMILES string of the molecule is CNc1cc(NC(CO)Cc2ccccc2)nc(N)n1. The average molecular weight is 273 g/mol. The molecule has 0 aliphatic rings. The summed E-state index contributed by atoms with van der Waals surface area (Å²) in [5.41, 5.74) is 6.79. The van der Waals surface area contributed by atoms with Gasteiger partial charge in [0.2, 0.25) is 5.95 Å². The van der Waals surface area contributed by atoms with E-state index in [4.69, 9.17) is 5.73 Å². The van der Waals surface area contributed by atoms with Crippen LogP contribution in [0, 0.1) is 0 Å². The lowest BCUT2D eigenvalue weighted by Crippen LogP contribution is -2.27. The molecule has 0 fully saturated rings. The minimum absolute atomic E-state index is 0.00763. The largest absolute Gasteiger partial charge is 0.394 e. The second kappa shape index (κ2) is 6.72. The number of aliphatic hydroxyl groups is 1. The monoisotopic (exact) mass is 273 g/mol. The van der Waals surface area contributed by atoms with Crippen molar-refractivity contribution in [3.63, 3.8) is 0 Å². The Bertz CT molecular complexity index is 547. The van der Waals surface area contributed by atoms with Crippen molar-refractivity contribution in [2.45, 2.75) is 12.5 Å². The fourth-order valence-corrected chi connectivity index (χ4v) is 1.94. The first-order valence-corrected chi connectivity index (χ1v) is 6.45. The molecule has 0 saturated heterocycles. The van der Waals surface area contributed by atoms with Crippen molar-refractivity contribution in [1.82, 2.24) is 9.97 Å². The molecule has 1 atom stereocenters. The highest BCUT2D eigenvalue weighted by atomic mass is 16.3. The number of nitrogens with one attached hydrogen (secondary N) is 2. The lowest BCUT2D eigenvalue weighted by molar-refractivity contribution is 0.273. The molecular formula is C14H19N5O. The van der Waals surface area contributed by atoms with Crippen molar-refractivity contribution in [2.75, 3.05) is 30.0 Å². The van der Waals surface area contributed by atoms with Crippen molar-refractivity contribution >= 4 is 17.6 Å². The van der Waals surface area contributed by atoms with E-state index in [0.29, 0.717) is 18.1 Å². The van der Waals surface area contributed by atoms with Crippen LogP contribution in [0.25, 0.3) is 0 Å². The van der Waals surface area contributed by atoms with Gasteiger partial charge in [-0.1, -0.05) is 30.3 Å². The van der Waals surface area contributed by atoms with Crippen molar-refractivity contribution < 1.29 is 5.11 Å². The van der Waals surface area contributed by atoms with Crippen LogP contribution in [0.3, 0.4) is 0 Å². The van der Waals surface area contributed by atoms with Crippen LogP contribution < -0.4 is 16.4 Å². The molecule has 0 aliphatic heterocycles. The number of nitrogens with two attached hydrogens (primary N) is 1. The van der Waals surface area contributed by atoms with Gasteiger partial charge in [-0.25, -0.2) is 0 Å². The summed E-state index contributed by atoms with van der Waals surface area (Å²) in [6, 6.07) is 11.6. The van der Waals surface area contributed by atoms with Gasteiger partial charge in [-0.2, -0.15) is 9.97 Å². The summed E-state index contributed by atoms with van der Waals surface area (Å²) in [4.78, 5) is 8.14. The maximum Gasteiger partial charge on any atom is 0.223 e. The molecule has 2 aromatic rings. The minimum Gasteiger partial charge on any atom is -0.394 e. The normalized spacial score (nSPS) is 11.9. The summed E-state index contributed by atoms with van der Waals surface area (Å²) in [5, 5.41) is 15.6. The summed E-state index contributed by atoms with van der Waals surface area (Å²) < 4.78 is 0. The predicted octanol–water partition coefficient (Wildman–Crippen LogP) is 1.12. The Morgan fingerprint density at radius 1 is 1.20 bits per heavy atom. The maximum absolute atomic E-state index is 9.49. The number of aliphatic hydroxyl groups excluding tert-OH is 1. The van der Waals surface area contributed by atoms with Crippen LogP contribution in [0.15, 0.2) is 36.4 Å². The molecule has 0 aliphatic carbocycles. The van der Waals surface area contributed by atoms with Crippen LogP contribution in [-0.4, -0.2) is 34.8 Å². The number of benzene rings is 1. The van der Waals surface area contributed by atoms with Crippen LogP contribution in [0.2, 0.25) is 0 Å². The molecule has 6 nitrogen and oxygen atoms in total. The van der Waals surface area contributed by atoms with Gasteiger partial charge in [0.15, 0.2) is 0 Å². The first-order chi connectivity index (χ1) is 9.71. The van der Waals surface area contributed by atoms with E-state index in [9.17, 15) is 5.11 Å². The zero-order valence-electron chi connectivity index (χ0n) is 11.4. The van der Waals surface area contributed by atoms with Gasteiger partial charge >= 0.3 is 0 Å². The molecular weight excluding hydrogens is 254 g/mol. The zero-order valence-corrected chi connectivity index (χ0v) is 11.4. The van der Waals surface area contributed by atoms with Gasteiger partial charge < -0.3 is 21.5 Å². The summed E-state index contributed by atoms with van der Waals surface area (Å²) in [6.45, 7) is 0.00763. The highest BCUT2D eigenvalue weighted by Gasteiger charge is 2.10. The van der Waals surface area contributed by atoms with Crippen molar-refractivity contribution in [1.29, 1.82) is 0 Å². The van der Waals surface area contributed by atoms with E-state index in [1.54, 1.807) is 13.1 Å². The van der Waals surface area contributed by atoms with E-state index < -0.39 is 0 Å². The molecule has 20 heavy (non-hydrogen) atoms. The molecule has 106 valence electrons. The lowest BCUT2D eigenvalue weighted by atomic mass is 10.1. The Balaban J connectivity index is 2.08. The summed E-state index contributed by atoms with van der Waals surface area (Å²) in [7, 11) is 1.76. The second-order valence-corrected chi connectivity index (χ2v) is 4.46. The van der Waals surface area contributed by atoms with Crippen LogP contribution in [0.5, 0.6) is 0 Å². The first kappa shape index (κ1) is 14.1. The van der Waals surface area contributed by atoms with Crippen LogP contribution in [0.4, 0.5) is 17.6 Å². The van der Waals surface area contributed by atoms with Crippen LogP contribution in [-0.2, 0) is 6.42 Å². The third kappa shape index (κ3) is 3.83. The number of hydrogen-bond acceptors (Lipinski definition) is 6. The molecule has 1 aromatic carbocycles. The predicted molar refractivity (Wildman–Crippen MR) is 80.6 cm³/mol. The summed E-state index contributed by atoms with van der Waals surface area (Å²) in [6.07, 6.45) is 0.704. The quantitative estimate of drug-likeness (QED) is 0.630. The molecule has 1 heterocycles. The molecule has 5 N–H and O–H groups in total. The van der Waals surface area contributed by atoms with Gasteiger partial charge in [-0.15, -0.1) is 0 Å². The number of hydrogen-bond donors (Lipinski definition) is 4. The lowest BCUT2D eigenvalue weighted by Gasteiger charge is -2.17.